The minimum Gasteiger partial charge on any atom is -0.457 e. The molecule has 0 atom stereocenters. The smallest absolute Gasteiger partial charge is 0.373 e. The van der Waals surface area contributed by atoms with E-state index in [1.54, 1.807) is 78.9 Å². The van der Waals surface area contributed by atoms with E-state index in [1.807, 2.05) is 55.5 Å². The molecule has 44 heavy (non-hydrogen) atoms. The van der Waals surface area contributed by atoms with Crippen LogP contribution in [0.2, 0.25) is 0 Å². The van der Waals surface area contributed by atoms with Crippen molar-refractivity contribution in [1.29, 1.82) is 0 Å². The van der Waals surface area contributed by atoms with E-state index in [9.17, 15) is 14.4 Å². The largest absolute Gasteiger partial charge is 0.457 e. The first-order valence-electron chi connectivity index (χ1n) is 14.0. The number of carbonyl (C=O) groups is 3. The molecule has 0 aliphatic rings. The highest BCUT2D eigenvalue weighted by Gasteiger charge is 2.14. The highest BCUT2D eigenvalue weighted by atomic mass is 17.2. The van der Waals surface area contributed by atoms with Crippen molar-refractivity contribution in [2.75, 3.05) is 0 Å². The Morgan fingerprint density at radius 3 is 1.68 bits per heavy atom. The molecule has 5 aromatic carbocycles. The van der Waals surface area contributed by atoms with Gasteiger partial charge < -0.3 is 9.47 Å². The monoisotopic (exact) mass is 586 g/mol. The van der Waals surface area contributed by atoms with E-state index in [2.05, 4.69) is 0 Å². The van der Waals surface area contributed by atoms with Crippen LogP contribution < -0.4 is 0 Å². The second-order valence-corrected chi connectivity index (χ2v) is 10.0. The molecule has 0 aliphatic carbocycles. The Balaban J connectivity index is 1.22. The molecule has 0 fully saturated rings. The quantitative estimate of drug-likeness (QED) is 0.0892. The molecule has 0 heterocycles. The van der Waals surface area contributed by atoms with Gasteiger partial charge in [-0.25, -0.2) is 14.4 Å². The first kappa shape index (κ1) is 29.9. The fourth-order valence-electron chi connectivity index (χ4n) is 4.53. The first-order valence-corrected chi connectivity index (χ1v) is 14.0. The highest BCUT2D eigenvalue weighted by Crippen LogP contribution is 2.24. The van der Waals surface area contributed by atoms with E-state index < -0.39 is 17.9 Å². The van der Waals surface area contributed by atoms with Crippen molar-refractivity contribution >= 4 is 17.9 Å². The fourth-order valence-corrected chi connectivity index (χ4v) is 4.53. The highest BCUT2D eigenvalue weighted by molar-refractivity contribution is 5.90. The number of esters is 2. The zero-order valence-corrected chi connectivity index (χ0v) is 24.1. The normalized spacial score (nSPS) is 10.6. The van der Waals surface area contributed by atoms with Gasteiger partial charge >= 0.3 is 17.9 Å². The molecule has 0 saturated carbocycles. The van der Waals surface area contributed by atoms with Gasteiger partial charge in [0.15, 0.2) is 0 Å². The lowest BCUT2D eigenvalue weighted by Crippen LogP contribution is -2.10. The first-order chi connectivity index (χ1) is 21.5. The van der Waals surface area contributed by atoms with Crippen molar-refractivity contribution in [3.05, 3.63) is 166 Å². The molecule has 0 unspecified atom stereocenters. The summed E-state index contributed by atoms with van der Waals surface area (Å²) in [5.41, 5.74) is 6.37. The van der Waals surface area contributed by atoms with Crippen molar-refractivity contribution in [2.24, 2.45) is 0 Å². The van der Waals surface area contributed by atoms with Crippen molar-refractivity contribution in [2.45, 2.75) is 26.7 Å². The molecular formula is C37H30O7. The number of benzene rings is 5. The molecule has 0 saturated heterocycles. The number of hydrogen-bond acceptors (Lipinski definition) is 7. The lowest BCUT2D eigenvalue weighted by molar-refractivity contribution is -0.250. The maximum atomic E-state index is 12.6. The van der Waals surface area contributed by atoms with Gasteiger partial charge in [-0.05, 0) is 82.8 Å². The van der Waals surface area contributed by atoms with Gasteiger partial charge in [0.25, 0.3) is 0 Å². The molecule has 220 valence electrons. The summed E-state index contributed by atoms with van der Waals surface area (Å²) in [5, 5.41) is 0. The molecule has 0 bridgehead atoms. The van der Waals surface area contributed by atoms with Crippen LogP contribution >= 0.6 is 0 Å². The van der Waals surface area contributed by atoms with E-state index >= 15 is 0 Å². The van der Waals surface area contributed by atoms with Gasteiger partial charge in [0.2, 0.25) is 0 Å². The SMILES string of the molecule is Cc1ccccc1-c1ccc(C(=O)OOCc2ccc(COC(=O)c3ccccc3)c(COC(=O)c3ccccc3)c2)cc1. The van der Waals surface area contributed by atoms with Crippen LogP contribution in [0.1, 0.15) is 53.3 Å². The summed E-state index contributed by atoms with van der Waals surface area (Å²) < 4.78 is 11.1. The molecule has 0 N–H and O–H groups in total. The van der Waals surface area contributed by atoms with Gasteiger partial charge in [0, 0.05) is 0 Å². The Kier molecular flexibility index (Phi) is 9.92. The number of carbonyl (C=O) groups excluding carboxylic acids is 3. The van der Waals surface area contributed by atoms with Crippen LogP contribution in [0.25, 0.3) is 11.1 Å². The molecule has 0 amide bonds. The van der Waals surface area contributed by atoms with E-state index in [0.717, 1.165) is 16.7 Å². The molecule has 7 heteroatoms. The molecule has 0 aliphatic heterocycles. The third-order valence-corrected chi connectivity index (χ3v) is 6.94. The standard InChI is InChI=1S/C37H30O7/c1-26-10-8-9-15-34(26)28-18-20-31(21-19-28)37(40)44-43-23-27-16-17-32(24-41-35(38)29-11-4-2-5-12-29)33(22-27)25-42-36(39)30-13-6-3-7-14-30/h2-22H,23-25H2,1H3. The van der Waals surface area contributed by atoms with Crippen molar-refractivity contribution in [3.8, 4) is 11.1 Å². The van der Waals surface area contributed by atoms with E-state index in [1.165, 1.54) is 0 Å². The average molecular weight is 587 g/mol. The van der Waals surface area contributed by atoms with Crippen LogP contribution in [-0.2, 0) is 39.1 Å². The molecule has 5 rings (SSSR count). The Morgan fingerprint density at radius 1 is 0.523 bits per heavy atom. The predicted molar refractivity (Wildman–Crippen MR) is 164 cm³/mol. The zero-order chi connectivity index (χ0) is 30.7. The summed E-state index contributed by atoms with van der Waals surface area (Å²) >= 11 is 0. The molecule has 5 aromatic rings. The molecule has 0 spiro atoms. The second-order valence-electron chi connectivity index (χ2n) is 10.0. The summed E-state index contributed by atoms with van der Waals surface area (Å²) in [6, 6.07) is 37.7. The minimum atomic E-state index is -0.622. The topological polar surface area (TPSA) is 88.1 Å². The minimum absolute atomic E-state index is 0.0272. The van der Waals surface area contributed by atoms with Crippen LogP contribution in [0.4, 0.5) is 0 Å². The van der Waals surface area contributed by atoms with E-state index in [0.29, 0.717) is 33.4 Å². The van der Waals surface area contributed by atoms with Crippen molar-refractivity contribution in [1.82, 2.24) is 0 Å². The van der Waals surface area contributed by atoms with Gasteiger partial charge in [0.1, 0.15) is 19.8 Å². The summed E-state index contributed by atoms with van der Waals surface area (Å²) in [5.74, 6) is -1.58. The van der Waals surface area contributed by atoms with Crippen molar-refractivity contribution < 1.29 is 33.6 Å². The lowest BCUT2D eigenvalue weighted by Gasteiger charge is -2.13. The fraction of sp³-hybridized carbons (Fsp3) is 0.108. The number of hydrogen-bond donors (Lipinski definition) is 0. The number of aryl methyl sites for hydroxylation is 1. The third-order valence-electron chi connectivity index (χ3n) is 6.94. The summed E-state index contributed by atoms with van der Waals surface area (Å²) in [7, 11) is 0. The molecule has 7 nitrogen and oxygen atoms in total. The van der Waals surface area contributed by atoms with Gasteiger partial charge in [-0.15, -0.1) is 0 Å². The predicted octanol–water partition coefficient (Wildman–Crippen LogP) is 7.66. The van der Waals surface area contributed by atoms with Gasteiger partial charge in [0.05, 0.1) is 16.7 Å². The lowest BCUT2D eigenvalue weighted by atomic mass is 10.00. The maximum Gasteiger partial charge on any atom is 0.373 e. The van der Waals surface area contributed by atoms with Gasteiger partial charge in [-0.3, -0.25) is 4.89 Å². The van der Waals surface area contributed by atoms with Crippen LogP contribution in [0.3, 0.4) is 0 Å². The zero-order valence-electron chi connectivity index (χ0n) is 24.1. The Bertz CT molecular complexity index is 1730. The Hall–Kier alpha value is -5.53. The van der Waals surface area contributed by atoms with Crippen LogP contribution in [0.15, 0.2) is 127 Å². The van der Waals surface area contributed by atoms with Gasteiger partial charge in [-0.1, -0.05) is 84.9 Å². The number of ether oxygens (including phenoxy) is 2. The van der Waals surface area contributed by atoms with Crippen molar-refractivity contribution in [3.63, 3.8) is 0 Å². The average Bonchev–Trinajstić information content (AvgIpc) is 3.07. The molecular weight excluding hydrogens is 556 g/mol. The molecule has 0 aromatic heterocycles. The van der Waals surface area contributed by atoms with Gasteiger partial charge in [-0.2, -0.15) is 4.89 Å². The van der Waals surface area contributed by atoms with Crippen LogP contribution in [0.5, 0.6) is 0 Å². The Labute approximate surface area is 255 Å². The molecule has 0 radical (unpaired) electrons. The summed E-state index contributed by atoms with van der Waals surface area (Å²) in [6.07, 6.45) is 0. The third kappa shape index (κ3) is 7.85. The Morgan fingerprint density at radius 2 is 1.07 bits per heavy atom. The van der Waals surface area contributed by atoms with Crippen LogP contribution in [-0.4, -0.2) is 17.9 Å². The van der Waals surface area contributed by atoms with Crippen LogP contribution in [0, 0.1) is 6.92 Å². The number of rotatable bonds is 11. The summed E-state index contributed by atoms with van der Waals surface area (Å²) in [4.78, 5) is 48.0. The van der Waals surface area contributed by atoms with E-state index in [-0.39, 0.29) is 19.8 Å². The summed E-state index contributed by atoms with van der Waals surface area (Å²) in [6.45, 7) is 1.90. The maximum absolute atomic E-state index is 12.6. The van der Waals surface area contributed by atoms with E-state index in [4.69, 9.17) is 19.2 Å². The second kappa shape index (κ2) is 14.6.